The molecule has 0 N–H and O–H groups in total. The lowest BCUT2D eigenvalue weighted by atomic mass is 9.86. The van der Waals surface area contributed by atoms with Crippen LogP contribution < -0.4 is 9.47 Å². The molecule has 2 atom stereocenters. The molecule has 0 spiro atoms. The Morgan fingerprint density at radius 1 is 1.12 bits per heavy atom. The number of fused-ring (bicyclic) bond motifs is 2. The summed E-state index contributed by atoms with van der Waals surface area (Å²) in [6.07, 6.45) is 8.69. The lowest BCUT2D eigenvalue weighted by Crippen LogP contribution is -2.24. The Bertz CT molecular complexity index is 1060. The van der Waals surface area contributed by atoms with E-state index in [0.29, 0.717) is 66.1 Å². The maximum Gasteiger partial charge on any atom is 0.342 e. The van der Waals surface area contributed by atoms with Crippen LogP contribution in [-0.2, 0) is 14.3 Å². The normalized spacial score (nSPS) is 22.9. The second-order valence-electron chi connectivity index (χ2n) is 8.47. The number of carbonyl (C=O) groups excluding carboxylic acids is 3. The molecule has 0 saturated heterocycles. The first kappa shape index (κ1) is 22.8. The van der Waals surface area contributed by atoms with E-state index in [1.165, 1.54) is 7.11 Å². The van der Waals surface area contributed by atoms with Crippen molar-refractivity contribution in [3.05, 3.63) is 53.0 Å². The van der Waals surface area contributed by atoms with Crippen LogP contribution in [0.15, 0.2) is 35.0 Å². The molecule has 0 amide bonds. The van der Waals surface area contributed by atoms with Gasteiger partial charge in [-0.3, -0.25) is 9.59 Å². The van der Waals surface area contributed by atoms with E-state index in [2.05, 4.69) is 0 Å². The molecule has 0 fully saturated rings. The van der Waals surface area contributed by atoms with E-state index in [0.717, 1.165) is 6.42 Å². The summed E-state index contributed by atoms with van der Waals surface area (Å²) >= 11 is 0. The average Bonchev–Trinajstić information content (AvgIpc) is 3.31. The third-order valence-electron chi connectivity index (χ3n) is 6.05. The molecule has 0 saturated carbocycles. The molecule has 0 radical (unpaired) electrons. The number of ether oxygens (including phenoxy) is 3. The van der Waals surface area contributed by atoms with Crippen LogP contribution in [0.25, 0.3) is 6.08 Å². The number of cyclic esters (lactones) is 1. The lowest BCUT2D eigenvalue weighted by molar-refractivity contribution is -0.135. The molecule has 0 unspecified atom stereocenters. The summed E-state index contributed by atoms with van der Waals surface area (Å²) in [5.41, 5.74) is 1.43. The smallest absolute Gasteiger partial charge is 0.342 e. The Kier molecular flexibility index (Phi) is 6.96. The van der Waals surface area contributed by atoms with Crippen molar-refractivity contribution in [3.63, 3.8) is 0 Å². The molecule has 33 heavy (non-hydrogen) atoms. The minimum absolute atomic E-state index is 0.0744. The fourth-order valence-corrected chi connectivity index (χ4v) is 4.44. The average molecular weight is 453 g/mol. The number of furan rings is 1. The minimum atomic E-state index is -0.514. The Hall–Kier alpha value is -3.35. The Labute approximate surface area is 192 Å². The monoisotopic (exact) mass is 452 g/mol. The largest absolute Gasteiger partial charge is 0.495 e. The summed E-state index contributed by atoms with van der Waals surface area (Å²) in [5.74, 6) is 0.140. The number of ketones is 1. The summed E-state index contributed by atoms with van der Waals surface area (Å²) in [7, 11) is 1.49. The van der Waals surface area contributed by atoms with Crippen LogP contribution in [0.3, 0.4) is 0 Å². The van der Waals surface area contributed by atoms with Crippen molar-refractivity contribution >= 4 is 23.8 Å². The summed E-state index contributed by atoms with van der Waals surface area (Å²) < 4.78 is 22.6. The zero-order chi connectivity index (χ0) is 23.4. The highest BCUT2D eigenvalue weighted by Crippen LogP contribution is 2.47. The number of rotatable bonds is 2. The molecular formula is C26H28O7. The topological polar surface area (TPSA) is 92.0 Å². The van der Waals surface area contributed by atoms with Crippen LogP contribution in [0.1, 0.15) is 85.0 Å². The molecule has 2 aromatic rings. The lowest BCUT2D eigenvalue weighted by Gasteiger charge is -2.27. The quantitative estimate of drug-likeness (QED) is 0.456. The van der Waals surface area contributed by atoms with Gasteiger partial charge in [-0.1, -0.05) is 12.2 Å². The van der Waals surface area contributed by atoms with E-state index >= 15 is 0 Å². The molecule has 4 rings (SSSR count). The Balaban J connectivity index is 1.84. The number of methoxy groups -OCH3 is 1. The van der Waals surface area contributed by atoms with Gasteiger partial charge in [0.1, 0.15) is 28.6 Å². The van der Waals surface area contributed by atoms with Crippen LogP contribution in [0.5, 0.6) is 11.5 Å². The fraction of sp³-hybridized carbons (Fsp3) is 0.423. The standard InChI is InChI=1S/C26H28O7/c1-16-8-6-11-18(27)10-5-3-4-9-17-14-21-24(25(30-2)23(17)26(29)32-16)19(15-22(28)33-21)20-12-7-13-31-20/h4,7,9,12-14,16,19H,3,5-6,8,10-11,15H2,1-2H3/b9-4+/t16-,19-/m0/s1. The number of hydrogen-bond acceptors (Lipinski definition) is 7. The zero-order valence-electron chi connectivity index (χ0n) is 18.9. The predicted molar refractivity (Wildman–Crippen MR) is 120 cm³/mol. The number of benzene rings is 1. The van der Waals surface area contributed by atoms with Gasteiger partial charge in [0.25, 0.3) is 0 Å². The van der Waals surface area contributed by atoms with Gasteiger partial charge >= 0.3 is 11.9 Å². The minimum Gasteiger partial charge on any atom is -0.495 e. The van der Waals surface area contributed by atoms with Gasteiger partial charge in [0.15, 0.2) is 0 Å². The van der Waals surface area contributed by atoms with Crippen molar-refractivity contribution < 1.29 is 33.0 Å². The predicted octanol–water partition coefficient (Wildman–Crippen LogP) is 5.21. The van der Waals surface area contributed by atoms with E-state index in [1.807, 2.05) is 13.0 Å². The van der Waals surface area contributed by atoms with Gasteiger partial charge in [0.05, 0.1) is 31.8 Å². The molecule has 3 heterocycles. The number of Topliss-reactive ketones (excluding diaryl/α,β-unsaturated/α-hetero) is 1. The molecule has 2 aliphatic rings. The number of esters is 2. The first-order valence-electron chi connectivity index (χ1n) is 11.4. The second kappa shape index (κ2) is 10.1. The highest BCUT2D eigenvalue weighted by atomic mass is 16.5. The van der Waals surface area contributed by atoms with Gasteiger partial charge in [0, 0.05) is 18.4 Å². The van der Waals surface area contributed by atoms with Crippen molar-refractivity contribution in [3.8, 4) is 11.5 Å². The van der Waals surface area contributed by atoms with E-state index < -0.39 is 11.9 Å². The molecule has 7 nitrogen and oxygen atoms in total. The van der Waals surface area contributed by atoms with Crippen LogP contribution in [0.4, 0.5) is 0 Å². The SMILES string of the molecule is COc1c2c(cc3c1[C@H](c1ccco1)CC(=O)O3)/C=C/CCCC(=O)CCC[C@H](C)OC2=O. The molecule has 1 aromatic carbocycles. The van der Waals surface area contributed by atoms with Gasteiger partial charge in [0.2, 0.25) is 0 Å². The van der Waals surface area contributed by atoms with Gasteiger partial charge < -0.3 is 18.6 Å². The molecular weight excluding hydrogens is 424 g/mol. The van der Waals surface area contributed by atoms with Crippen LogP contribution in [0, 0.1) is 0 Å². The third kappa shape index (κ3) is 5.02. The molecule has 0 bridgehead atoms. The maximum atomic E-state index is 13.3. The van der Waals surface area contributed by atoms with E-state index in [4.69, 9.17) is 18.6 Å². The number of hydrogen-bond donors (Lipinski definition) is 0. The molecule has 0 aliphatic carbocycles. The van der Waals surface area contributed by atoms with Gasteiger partial charge in [-0.2, -0.15) is 0 Å². The fourth-order valence-electron chi connectivity index (χ4n) is 4.44. The molecule has 2 aliphatic heterocycles. The van der Waals surface area contributed by atoms with E-state index in [1.54, 1.807) is 30.5 Å². The Morgan fingerprint density at radius 2 is 1.94 bits per heavy atom. The third-order valence-corrected chi connectivity index (χ3v) is 6.05. The molecule has 174 valence electrons. The summed E-state index contributed by atoms with van der Waals surface area (Å²) in [6.45, 7) is 1.82. The van der Waals surface area contributed by atoms with Crippen LogP contribution in [0.2, 0.25) is 0 Å². The van der Waals surface area contributed by atoms with Crippen molar-refractivity contribution in [2.75, 3.05) is 7.11 Å². The number of carbonyl (C=O) groups is 3. The maximum absolute atomic E-state index is 13.3. The van der Waals surface area contributed by atoms with Crippen molar-refractivity contribution in [2.24, 2.45) is 0 Å². The summed E-state index contributed by atoms with van der Waals surface area (Å²) in [4.78, 5) is 37.7. The van der Waals surface area contributed by atoms with Gasteiger partial charge in [-0.15, -0.1) is 0 Å². The zero-order valence-corrected chi connectivity index (χ0v) is 18.9. The Morgan fingerprint density at radius 3 is 2.70 bits per heavy atom. The van der Waals surface area contributed by atoms with E-state index in [9.17, 15) is 14.4 Å². The summed E-state index contributed by atoms with van der Waals surface area (Å²) in [5, 5.41) is 0. The highest BCUT2D eigenvalue weighted by Gasteiger charge is 2.37. The van der Waals surface area contributed by atoms with Gasteiger partial charge in [-0.05, 0) is 56.4 Å². The van der Waals surface area contributed by atoms with Crippen molar-refractivity contribution in [2.45, 2.75) is 63.9 Å². The molecule has 1 aromatic heterocycles. The van der Waals surface area contributed by atoms with Crippen LogP contribution >= 0.6 is 0 Å². The summed E-state index contributed by atoms with van der Waals surface area (Å²) in [6, 6.07) is 5.23. The highest BCUT2D eigenvalue weighted by molar-refractivity contribution is 5.99. The molecule has 7 heteroatoms. The first-order chi connectivity index (χ1) is 16.0. The first-order valence-corrected chi connectivity index (χ1v) is 11.4. The number of allylic oxidation sites excluding steroid dienone is 1. The second-order valence-corrected chi connectivity index (χ2v) is 8.47. The van der Waals surface area contributed by atoms with E-state index in [-0.39, 0.29) is 24.3 Å². The van der Waals surface area contributed by atoms with Gasteiger partial charge in [-0.25, -0.2) is 4.79 Å². The van der Waals surface area contributed by atoms with Crippen LogP contribution in [-0.4, -0.2) is 30.9 Å². The van der Waals surface area contributed by atoms with Crippen molar-refractivity contribution in [1.29, 1.82) is 0 Å². The van der Waals surface area contributed by atoms with Crippen molar-refractivity contribution in [1.82, 2.24) is 0 Å².